The second-order valence-electron chi connectivity index (χ2n) is 6.06. The van der Waals surface area contributed by atoms with Crippen molar-refractivity contribution in [1.29, 1.82) is 0 Å². The number of nitrogens with two attached hydrogens (primary N) is 2. The zero-order chi connectivity index (χ0) is 19.5. The number of nitrogens with zero attached hydrogens (tertiary/aromatic N) is 4. The van der Waals surface area contributed by atoms with Crippen molar-refractivity contribution in [2.45, 2.75) is 0 Å². The standard InChI is InChI=1S/C21H16N6O/c22-15-11-24-20(26-17(15)13-7-3-1-4-8-13)19(28)21-25-12-16(23)18(27-21)14-9-5-2-6-10-14/h1-12H,22-23H2. The van der Waals surface area contributed by atoms with E-state index in [4.69, 9.17) is 11.5 Å². The van der Waals surface area contributed by atoms with Crippen molar-refractivity contribution in [3.05, 3.63) is 84.7 Å². The summed E-state index contributed by atoms with van der Waals surface area (Å²) in [7, 11) is 0. The number of rotatable bonds is 4. The van der Waals surface area contributed by atoms with Crippen molar-refractivity contribution >= 4 is 17.2 Å². The molecule has 0 fully saturated rings. The highest BCUT2D eigenvalue weighted by atomic mass is 16.1. The molecule has 4 rings (SSSR count). The van der Waals surface area contributed by atoms with Gasteiger partial charge in [-0.3, -0.25) is 4.79 Å². The molecule has 0 atom stereocenters. The molecular formula is C21H16N6O. The molecule has 4 N–H and O–H groups in total. The molecule has 7 nitrogen and oxygen atoms in total. The zero-order valence-electron chi connectivity index (χ0n) is 14.8. The summed E-state index contributed by atoms with van der Waals surface area (Å²) in [6.45, 7) is 0. The molecular weight excluding hydrogens is 352 g/mol. The summed E-state index contributed by atoms with van der Waals surface area (Å²) in [6, 6.07) is 18.7. The first-order valence-corrected chi connectivity index (χ1v) is 8.54. The smallest absolute Gasteiger partial charge is 0.267 e. The number of carbonyl (C=O) groups is 1. The molecule has 2 aromatic carbocycles. The first kappa shape index (κ1) is 17.3. The van der Waals surface area contributed by atoms with Crippen LogP contribution in [0.15, 0.2) is 73.1 Å². The third-order valence-corrected chi connectivity index (χ3v) is 4.13. The van der Waals surface area contributed by atoms with Crippen molar-refractivity contribution in [3.8, 4) is 22.5 Å². The van der Waals surface area contributed by atoms with Crippen LogP contribution in [0.3, 0.4) is 0 Å². The molecule has 0 aliphatic rings. The maximum absolute atomic E-state index is 12.9. The summed E-state index contributed by atoms with van der Waals surface area (Å²) in [5.74, 6) is -0.567. The maximum Gasteiger partial charge on any atom is 0.267 e. The normalized spacial score (nSPS) is 10.6. The molecule has 0 spiro atoms. The molecule has 0 aliphatic heterocycles. The predicted octanol–water partition coefficient (Wildman–Crippen LogP) is 3.00. The van der Waals surface area contributed by atoms with E-state index < -0.39 is 5.78 Å². The largest absolute Gasteiger partial charge is 0.396 e. The van der Waals surface area contributed by atoms with E-state index in [9.17, 15) is 4.79 Å². The van der Waals surface area contributed by atoms with E-state index in [1.807, 2.05) is 60.7 Å². The van der Waals surface area contributed by atoms with Gasteiger partial charge in [0.2, 0.25) is 11.6 Å². The summed E-state index contributed by atoms with van der Waals surface area (Å²) in [5.41, 5.74) is 15.3. The van der Waals surface area contributed by atoms with Gasteiger partial charge in [0.05, 0.1) is 35.2 Å². The van der Waals surface area contributed by atoms with E-state index in [-0.39, 0.29) is 11.6 Å². The Bertz CT molecular complexity index is 1060. The van der Waals surface area contributed by atoms with Crippen LogP contribution < -0.4 is 11.5 Å². The van der Waals surface area contributed by atoms with Gasteiger partial charge < -0.3 is 11.5 Å². The Balaban J connectivity index is 1.75. The molecule has 7 heteroatoms. The lowest BCUT2D eigenvalue weighted by Gasteiger charge is -2.08. The van der Waals surface area contributed by atoms with E-state index in [1.54, 1.807) is 0 Å². The van der Waals surface area contributed by atoms with Gasteiger partial charge in [0.25, 0.3) is 5.78 Å². The average Bonchev–Trinajstić information content (AvgIpc) is 2.75. The summed E-state index contributed by atoms with van der Waals surface area (Å²) < 4.78 is 0. The van der Waals surface area contributed by atoms with Gasteiger partial charge in [-0.1, -0.05) is 60.7 Å². The summed E-state index contributed by atoms with van der Waals surface area (Å²) in [4.78, 5) is 29.7. The van der Waals surface area contributed by atoms with Crippen LogP contribution in [0.1, 0.15) is 16.4 Å². The van der Waals surface area contributed by atoms with Gasteiger partial charge >= 0.3 is 0 Å². The lowest BCUT2D eigenvalue weighted by molar-refractivity contribution is 0.102. The number of anilines is 2. The van der Waals surface area contributed by atoms with Gasteiger partial charge in [0, 0.05) is 11.1 Å². The van der Waals surface area contributed by atoms with Gasteiger partial charge in [-0.2, -0.15) is 0 Å². The summed E-state index contributed by atoms with van der Waals surface area (Å²) >= 11 is 0. The van der Waals surface area contributed by atoms with Crippen LogP contribution in [0.25, 0.3) is 22.5 Å². The molecule has 136 valence electrons. The minimum Gasteiger partial charge on any atom is -0.396 e. The molecule has 0 radical (unpaired) electrons. The SMILES string of the molecule is Nc1cnc(C(=O)c2ncc(N)c(-c3ccccc3)n2)nc1-c1ccccc1. The number of carbonyl (C=O) groups excluding carboxylic acids is 1. The Morgan fingerprint density at radius 1 is 0.643 bits per heavy atom. The van der Waals surface area contributed by atoms with Gasteiger partial charge in [0.15, 0.2) is 0 Å². The number of hydrogen-bond donors (Lipinski definition) is 2. The number of benzene rings is 2. The van der Waals surface area contributed by atoms with E-state index >= 15 is 0 Å². The minimum absolute atomic E-state index is 0.0307. The number of aromatic nitrogens is 4. The number of hydrogen-bond acceptors (Lipinski definition) is 7. The van der Waals surface area contributed by atoms with Gasteiger partial charge in [-0.15, -0.1) is 0 Å². The molecule has 0 bridgehead atoms. The molecule has 0 aliphatic carbocycles. The van der Waals surface area contributed by atoms with E-state index in [2.05, 4.69) is 19.9 Å². The first-order chi connectivity index (χ1) is 13.6. The molecule has 0 amide bonds. The third-order valence-electron chi connectivity index (χ3n) is 4.13. The van der Waals surface area contributed by atoms with E-state index in [1.165, 1.54) is 12.4 Å². The molecule has 0 unspecified atom stereocenters. The molecule has 2 aromatic heterocycles. The second-order valence-corrected chi connectivity index (χ2v) is 6.06. The van der Waals surface area contributed by atoms with Crippen LogP contribution in [-0.4, -0.2) is 25.7 Å². The van der Waals surface area contributed by atoms with Crippen molar-refractivity contribution < 1.29 is 4.79 Å². The highest BCUT2D eigenvalue weighted by Crippen LogP contribution is 2.25. The first-order valence-electron chi connectivity index (χ1n) is 8.54. The fourth-order valence-corrected chi connectivity index (χ4v) is 2.76. The Morgan fingerprint density at radius 2 is 1.04 bits per heavy atom. The van der Waals surface area contributed by atoms with Crippen LogP contribution in [-0.2, 0) is 0 Å². The van der Waals surface area contributed by atoms with Crippen molar-refractivity contribution in [3.63, 3.8) is 0 Å². The van der Waals surface area contributed by atoms with Gasteiger partial charge in [0.1, 0.15) is 0 Å². The van der Waals surface area contributed by atoms with Crippen molar-refractivity contribution in [2.75, 3.05) is 11.5 Å². The Labute approximate surface area is 161 Å². The molecule has 0 saturated carbocycles. The molecule has 4 aromatic rings. The molecule has 0 saturated heterocycles. The van der Waals surface area contributed by atoms with Crippen LogP contribution in [0.2, 0.25) is 0 Å². The monoisotopic (exact) mass is 368 g/mol. The molecule has 2 heterocycles. The van der Waals surface area contributed by atoms with Crippen LogP contribution in [0.4, 0.5) is 11.4 Å². The van der Waals surface area contributed by atoms with Crippen LogP contribution in [0.5, 0.6) is 0 Å². The quantitative estimate of drug-likeness (QED) is 0.531. The fraction of sp³-hybridized carbons (Fsp3) is 0. The highest BCUT2D eigenvalue weighted by Gasteiger charge is 2.19. The van der Waals surface area contributed by atoms with Crippen molar-refractivity contribution in [1.82, 2.24) is 19.9 Å². The minimum atomic E-state index is -0.505. The Kier molecular flexibility index (Phi) is 4.47. The second kappa shape index (κ2) is 7.24. The maximum atomic E-state index is 12.9. The van der Waals surface area contributed by atoms with Crippen LogP contribution in [0, 0.1) is 0 Å². The molecule has 28 heavy (non-hydrogen) atoms. The zero-order valence-corrected chi connectivity index (χ0v) is 14.8. The number of nitrogen functional groups attached to an aromatic ring is 2. The van der Waals surface area contributed by atoms with E-state index in [0.717, 1.165) is 11.1 Å². The van der Waals surface area contributed by atoms with Crippen molar-refractivity contribution in [2.24, 2.45) is 0 Å². The van der Waals surface area contributed by atoms with Gasteiger partial charge in [-0.25, -0.2) is 19.9 Å². The Morgan fingerprint density at radius 3 is 1.43 bits per heavy atom. The fourth-order valence-electron chi connectivity index (χ4n) is 2.76. The lowest BCUT2D eigenvalue weighted by atomic mass is 10.1. The van der Waals surface area contributed by atoms with Crippen LogP contribution >= 0.6 is 0 Å². The summed E-state index contributed by atoms with van der Waals surface area (Å²) in [6.07, 6.45) is 2.83. The highest BCUT2D eigenvalue weighted by molar-refractivity contribution is 6.04. The summed E-state index contributed by atoms with van der Waals surface area (Å²) in [5, 5.41) is 0. The average molecular weight is 368 g/mol. The number of ketones is 1. The Hall–Kier alpha value is -4.13. The predicted molar refractivity (Wildman–Crippen MR) is 107 cm³/mol. The topological polar surface area (TPSA) is 121 Å². The van der Waals surface area contributed by atoms with Gasteiger partial charge in [-0.05, 0) is 0 Å². The lowest BCUT2D eigenvalue weighted by Crippen LogP contribution is -2.13. The third kappa shape index (κ3) is 3.28. The van der Waals surface area contributed by atoms with E-state index in [0.29, 0.717) is 22.8 Å².